The van der Waals surface area contributed by atoms with Gasteiger partial charge in [-0.3, -0.25) is 9.59 Å². The maximum atomic E-state index is 12.6. The summed E-state index contributed by atoms with van der Waals surface area (Å²) in [7, 11) is 0. The first kappa shape index (κ1) is 16.3. The number of carbonyl (C=O) groups is 2. The lowest BCUT2D eigenvalue weighted by molar-refractivity contribution is -0.153. The van der Waals surface area contributed by atoms with Gasteiger partial charge in [0.2, 0.25) is 11.8 Å². The fourth-order valence-electron chi connectivity index (χ4n) is 2.82. The standard InChI is InChI=1S/C16H28N2O3/c1-10(2)13-16(20)18(7-8-21-9-12-5-6-12)14(11(3)4)15(19)17-13/h10-14H,5-9H2,1-4H3,(H,17,19). The van der Waals surface area contributed by atoms with Crippen LogP contribution >= 0.6 is 0 Å². The molecule has 0 aromatic carbocycles. The summed E-state index contributed by atoms with van der Waals surface area (Å²) >= 11 is 0. The number of carbonyl (C=O) groups excluding carboxylic acids is 2. The number of rotatable bonds is 7. The Bertz CT molecular complexity index is 391. The minimum absolute atomic E-state index is 0.0262. The fourth-order valence-corrected chi connectivity index (χ4v) is 2.82. The summed E-state index contributed by atoms with van der Waals surface area (Å²) in [6, 6.07) is -0.784. The molecule has 0 aromatic heterocycles. The molecule has 0 aromatic rings. The van der Waals surface area contributed by atoms with Crippen LogP contribution in [-0.4, -0.2) is 48.6 Å². The van der Waals surface area contributed by atoms with Gasteiger partial charge in [-0.25, -0.2) is 0 Å². The van der Waals surface area contributed by atoms with E-state index in [9.17, 15) is 9.59 Å². The summed E-state index contributed by atoms with van der Waals surface area (Å²) in [5, 5.41) is 2.87. The molecule has 0 bridgehead atoms. The highest BCUT2D eigenvalue weighted by Gasteiger charge is 2.42. The Hall–Kier alpha value is -1.10. The number of ether oxygens (including phenoxy) is 1. The quantitative estimate of drug-likeness (QED) is 0.723. The molecular formula is C16H28N2O3. The number of hydrogen-bond donors (Lipinski definition) is 1. The molecule has 5 nitrogen and oxygen atoms in total. The van der Waals surface area contributed by atoms with Crippen LogP contribution in [0.3, 0.4) is 0 Å². The molecule has 2 aliphatic rings. The van der Waals surface area contributed by atoms with Crippen LogP contribution < -0.4 is 5.32 Å². The second kappa shape index (κ2) is 6.77. The molecule has 120 valence electrons. The number of piperazine rings is 1. The van der Waals surface area contributed by atoms with Gasteiger partial charge in [0.25, 0.3) is 0 Å². The molecule has 1 saturated heterocycles. The smallest absolute Gasteiger partial charge is 0.246 e. The van der Waals surface area contributed by atoms with E-state index in [1.54, 1.807) is 4.90 Å². The molecule has 2 atom stereocenters. The van der Waals surface area contributed by atoms with Gasteiger partial charge < -0.3 is 15.0 Å². The van der Waals surface area contributed by atoms with Crippen molar-refractivity contribution in [1.29, 1.82) is 0 Å². The van der Waals surface area contributed by atoms with E-state index in [-0.39, 0.29) is 29.7 Å². The van der Waals surface area contributed by atoms with Crippen molar-refractivity contribution >= 4 is 11.8 Å². The molecule has 1 N–H and O–H groups in total. The Kier molecular flexibility index (Phi) is 5.25. The maximum Gasteiger partial charge on any atom is 0.246 e. The molecule has 2 fully saturated rings. The van der Waals surface area contributed by atoms with Crippen LogP contribution in [0.1, 0.15) is 40.5 Å². The lowest BCUT2D eigenvalue weighted by Crippen LogP contribution is -2.66. The van der Waals surface area contributed by atoms with Gasteiger partial charge in [-0.1, -0.05) is 27.7 Å². The lowest BCUT2D eigenvalue weighted by Gasteiger charge is -2.42. The van der Waals surface area contributed by atoms with Crippen molar-refractivity contribution in [2.24, 2.45) is 17.8 Å². The van der Waals surface area contributed by atoms with E-state index < -0.39 is 6.04 Å². The minimum Gasteiger partial charge on any atom is -0.379 e. The zero-order chi connectivity index (χ0) is 15.6. The Morgan fingerprint density at radius 2 is 1.86 bits per heavy atom. The van der Waals surface area contributed by atoms with E-state index in [1.165, 1.54) is 12.8 Å². The van der Waals surface area contributed by atoms with Gasteiger partial charge in [0, 0.05) is 13.2 Å². The third-order valence-electron chi connectivity index (χ3n) is 4.28. The zero-order valence-corrected chi connectivity index (χ0v) is 13.6. The predicted molar refractivity (Wildman–Crippen MR) is 80.7 cm³/mol. The molecular weight excluding hydrogens is 268 g/mol. The average Bonchev–Trinajstić information content (AvgIpc) is 3.21. The van der Waals surface area contributed by atoms with Crippen molar-refractivity contribution in [1.82, 2.24) is 10.2 Å². The highest BCUT2D eigenvalue weighted by Crippen LogP contribution is 2.28. The Morgan fingerprint density at radius 3 is 2.38 bits per heavy atom. The van der Waals surface area contributed by atoms with Crippen molar-refractivity contribution in [3.8, 4) is 0 Å². The molecule has 1 saturated carbocycles. The van der Waals surface area contributed by atoms with Gasteiger partial charge in [0.15, 0.2) is 0 Å². The Balaban J connectivity index is 1.98. The monoisotopic (exact) mass is 296 g/mol. The van der Waals surface area contributed by atoms with Crippen molar-refractivity contribution in [3.05, 3.63) is 0 Å². The minimum atomic E-state index is -0.407. The molecule has 1 aliphatic carbocycles. The van der Waals surface area contributed by atoms with Gasteiger partial charge >= 0.3 is 0 Å². The number of nitrogens with zero attached hydrogens (tertiary/aromatic N) is 1. The van der Waals surface area contributed by atoms with E-state index in [2.05, 4.69) is 5.32 Å². The van der Waals surface area contributed by atoms with E-state index in [1.807, 2.05) is 27.7 Å². The summed E-state index contributed by atoms with van der Waals surface area (Å²) in [5.74, 6) is 0.911. The summed E-state index contributed by atoms with van der Waals surface area (Å²) in [6.45, 7) is 9.68. The van der Waals surface area contributed by atoms with Crippen molar-refractivity contribution < 1.29 is 14.3 Å². The number of amides is 2. The van der Waals surface area contributed by atoms with Crippen LogP contribution in [0.25, 0.3) is 0 Å². The third-order valence-corrected chi connectivity index (χ3v) is 4.28. The van der Waals surface area contributed by atoms with E-state index in [4.69, 9.17) is 4.74 Å². The maximum absolute atomic E-state index is 12.6. The van der Waals surface area contributed by atoms with Crippen LogP contribution in [-0.2, 0) is 14.3 Å². The van der Waals surface area contributed by atoms with Crippen molar-refractivity contribution in [2.75, 3.05) is 19.8 Å². The Morgan fingerprint density at radius 1 is 1.19 bits per heavy atom. The Labute approximate surface area is 127 Å². The van der Waals surface area contributed by atoms with E-state index >= 15 is 0 Å². The first-order valence-electron chi connectivity index (χ1n) is 8.10. The fraction of sp³-hybridized carbons (Fsp3) is 0.875. The lowest BCUT2D eigenvalue weighted by atomic mass is 9.93. The van der Waals surface area contributed by atoms with Gasteiger partial charge in [0.05, 0.1) is 6.61 Å². The molecule has 1 heterocycles. The molecule has 0 spiro atoms. The van der Waals surface area contributed by atoms with E-state index in [0.29, 0.717) is 13.2 Å². The summed E-state index contributed by atoms with van der Waals surface area (Å²) in [6.07, 6.45) is 2.52. The molecule has 2 amide bonds. The summed E-state index contributed by atoms with van der Waals surface area (Å²) in [4.78, 5) is 26.7. The van der Waals surface area contributed by atoms with Gasteiger partial charge in [0.1, 0.15) is 12.1 Å². The highest BCUT2D eigenvalue weighted by molar-refractivity contribution is 5.97. The van der Waals surface area contributed by atoms with Crippen LogP contribution in [0.2, 0.25) is 0 Å². The summed E-state index contributed by atoms with van der Waals surface area (Å²) < 4.78 is 5.64. The third kappa shape index (κ3) is 3.96. The second-order valence-electron chi connectivity index (χ2n) is 6.97. The van der Waals surface area contributed by atoms with Crippen LogP contribution in [0.4, 0.5) is 0 Å². The van der Waals surface area contributed by atoms with Crippen LogP contribution in [0.15, 0.2) is 0 Å². The highest BCUT2D eigenvalue weighted by atomic mass is 16.5. The predicted octanol–water partition coefficient (Wildman–Crippen LogP) is 1.42. The van der Waals surface area contributed by atoms with Crippen LogP contribution in [0, 0.1) is 17.8 Å². The normalized spacial score (nSPS) is 26.7. The molecule has 5 heteroatoms. The zero-order valence-electron chi connectivity index (χ0n) is 13.6. The SMILES string of the molecule is CC(C)C1NC(=O)C(C(C)C)N(CCOCC2CC2)C1=O. The first-order chi connectivity index (χ1) is 9.91. The molecule has 1 aliphatic heterocycles. The van der Waals surface area contributed by atoms with Crippen LogP contribution in [0.5, 0.6) is 0 Å². The van der Waals surface area contributed by atoms with Crippen molar-refractivity contribution in [2.45, 2.75) is 52.6 Å². The number of hydrogen-bond acceptors (Lipinski definition) is 3. The largest absolute Gasteiger partial charge is 0.379 e. The topological polar surface area (TPSA) is 58.6 Å². The summed E-state index contributed by atoms with van der Waals surface area (Å²) in [5.41, 5.74) is 0. The number of nitrogens with one attached hydrogen (secondary N) is 1. The average molecular weight is 296 g/mol. The van der Waals surface area contributed by atoms with Crippen molar-refractivity contribution in [3.63, 3.8) is 0 Å². The molecule has 2 rings (SSSR count). The van der Waals surface area contributed by atoms with Gasteiger partial charge in [-0.05, 0) is 30.6 Å². The second-order valence-corrected chi connectivity index (χ2v) is 6.97. The van der Waals surface area contributed by atoms with Gasteiger partial charge in [-0.2, -0.15) is 0 Å². The molecule has 0 radical (unpaired) electrons. The van der Waals surface area contributed by atoms with E-state index in [0.717, 1.165) is 12.5 Å². The molecule has 2 unspecified atom stereocenters. The first-order valence-corrected chi connectivity index (χ1v) is 8.10. The van der Waals surface area contributed by atoms with Gasteiger partial charge in [-0.15, -0.1) is 0 Å². The molecule has 21 heavy (non-hydrogen) atoms.